The SMILES string of the molecule is Nc1ccc(SCC(=O)N2CCNCC2)cc1Cl. The second-order valence-electron chi connectivity index (χ2n) is 4.10. The first-order valence-corrected chi connectivity index (χ1v) is 7.19. The number of benzene rings is 1. The van der Waals surface area contributed by atoms with E-state index in [0.717, 1.165) is 31.1 Å². The first-order valence-electron chi connectivity index (χ1n) is 5.83. The fourth-order valence-electron chi connectivity index (χ4n) is 1.75. The number of nitrogen functional groups attached to an aromatic ring is 1. The number of nitrogens with two attached hydrogens (primary N) is 1. The third kappa shape index (κ3) is 3.54. The number of hydrogen-bond acceptors (Lipinski definition) is 4. The summed E-state index contributed by atoms with van der Waals surface area (Å²) in [6.45, 7) is 3.35. The summed E-state index contributed by atoms with van der Waals surface area (Å²) >= 11 is 7.43. The molecule has 1 aliphatic rings. The maximum absolute atomic E-state index is 11.9. The molecular weight excluding hydrogens is 270 g/mol. The number of nitrogens with zero attached hydrogens (tertiary/aromatic N) is 1. The van der Waals surface area contributed by atoms with Gasteiger partial charge in [0.25, 0.3) is 0 Å². The van der Waals surface area contributed by atoms with Crippen molar-refractivity contribution in [1.29, 1.82) is 0 Å². The lowest BCUT2D eigenvalue weighted by Crippen LogP contribution is -2.47. The van der Waals surface area contributed by atoms with Crippen molar-refractivity contribution in [3.8, 4) is 0 Å². The first kappa shape index (κ1) is 13.5. The van der Waals surface area contributed by atoms with Gasteiger partial charge in [-0.2, -0.15) is 0 Å². The summed E-state index contributed by atoms with van der Waals surface area (Å²) in [5.74, 6) is 0.620. The van der Waals surface area contributed by atoms with Crippen LogP contribution in [-0.2, 0) is 4.79 Å². The molecular formula is C12H16ClN3OS. The molecule has 98 valence electrons. The molecule has 1 heterocycles. The van der Waals surface area contributed by atoms with E-state index < -0.39 is 0 Å². The molecule has 0 bridgehead atoms. The molecule has 1 amide bonds. The number of nitrogens with one attached hydrogen (secondary N) is 1. The van der Waals surface area contributed by atoms with Crippen molar-refractivity contribution in [2.24, 2.45) is 0 Å². The van der Waals surface area contributed by atoms with Gasteiger partial charge in [0.15, 0.2) is 0 Å². The van der Waals surface area contributed by atoms with Gasteiger partial charge in [-0.15, -0.1) is 11.8 Å². The molecule has 6 heteroatoms. The number of thioether (sulfide) groups is 1. The van der Waals surface area contributed by atoms with E-state index in [-0.39, 0.29) is 5.91 Å². The number of hydrogen-bond donors (Lipinski definition) is 2. The highest BCUT2D eigenvalue weighted by molar-refractivity contribution is 8.00. The number of piperazine rings is 1. The van der Waals surface area contributed by atoms with Gasteiger partial charge in [0.1, 0.15) is 0 Å². The van der Waals surface area contributed by atoms with Gasteiger partial charge in [-0.1, -0.05) is 11.6 Å². The first-order chi connectivity index (χ1) is 8.66. The van der Waals surface area contributed by atoms with E-state index >= 15 is 0 Å². The standard InChI is InChI=1S/C12H16ClN3OS/c13-10-7-9(1-2-11(10)14)18-8-12(17)16-5-3-15-4-6-16/h1-2,7,15H,3-6,8,14H2. The van der Waals surface area contributed by atoms with Crippen molar-refractivity contribution >= 4 is 35.0 Å². The zero-order valence-corrected chi connectivity index (χ0v) is 11.6. The number of amides is 1. The second-order valence-corrected chi connectivity index (χ2v) is 5.56. The topological polar surface area (TPSA) is 58.4 Å². The highest BCUT2D eigenvalue weighted by Gasteiger charge is 2.16. The number of carbonyl (C=O) groups excluding carboxylic acids is 1. The molecule has 0 atom stereocenters. The molecule has 1 saturated heterocycles. The second kappa shape index (κ2) is 6.31. The lowest BCUT2D eigenvalue weighted by Gasteiger charge is -2.27. The van der Waals surface area contributed by atoms with Crippen LogP contribution in [0.3, 0.4) is 0 Å². The van der Waals surface area contributed by atoms with Crippen LogP contribution in [-0.4, -0.2) is 42.7 Å². The Kier molecular flexibility index (Phi) is 4.74. The van der Waals surface area contributed by atoms with Gasteiger partial charge in [0.05, 0.1) is 16.5 Å². The van der Waals surface area contributed by atoms with Gasteiger partial charge in [0.2, 0.25) is 5.91 Å². The van der Waals surface area contributed by atoms with Crippen LogP contribution in [0.1, 0.15) is 0 Å². The fraction of sp³-hybridized carbons (Fsp3) is 0.417. The van der Waals surface area contributed by atoms with Crippen LogP contribution in [0.2, 0.25) is 5.02 Å². The quantitative estimate of drug-likeness (QED) is 0.652. The Balaban J connectivity index is 1.86. The van der Waals surface area contributed by atoms with E-state index in [9.17, 15) is 4.79 Å². The van der Waals surface area contributed by atoms with E-state index in [2.05, 4.69) is 5.32 Å². The van der Waals surface area contributed by atoms with Gasteiger partial charge in [-0.25, -0.2) is 0 Å². The predicted molar refractivity (Wildman–Crippen MR) is 76.0 cm³/mol. The number of halogens is 1. The lowest BCUT2D eigenvalue weighted by molar-refractivity contribution is -0.128. The van der Waals surface area contributed by atoms with Crippen molar-refractivity contribution in [1.82, 2.24) is 10.2 Å². The van der Waals surface area contributed by atoms with Crippen LogP contribution in [0, 0.1) is 0 Å². The lowest BCUT2D eigenvalue weighted by atomic mass is 10.3. The van der Waals surface area contributed by atoms with Gasteiger partial charge < -0.3 is 16.0 Å². The van der Waals surface area contributed by atoms with Crippen molar-refractivity contribution in [3.05, 3.63) is 23.2 Å². The van der Waals surface area contributed by atoms with E-state index in [1.165, 1.54) is 11.8 Å². The summed E-state index contributed by atoms with van der Waals surface area (Å²) in [6, 6.07) is 5.45. The molecule has 18 heavy (non-hydrogen) atoms. The number of anilines is 1. The Hall–Kier alpha value is -0.910. The largest absolute Gasteiger partial charge is 0.398 e. The molecule has 0 radical (unpaired) electrons. The van der Waals surface area contributed by atoms with Crippen LogP contribution in [0.5, 0.6) is 0 Å². The molecule has 0 aliphatic carbocycles. The highest BCUT2D eigenvalue weighted by atomic mass is 35.5. The van der Waals surface area contributed by atoms with Gasteiger partial charge in [-0.05, 0) is 18.2 Å². The van der Waals surface area contributed by atoms with E-state index in [1.807, 2.05) is 11.0 Å². The molecule has 0 unspecified atom stereocenters. The van der Waals surface area contributed by atoms with E-state index in [0.29, 0.717) is 16.5 Å². The van der Waals surface area contributed by atoms with Crippen LogP contribution in [0.25, 0.3) is 0 Å². The summed E-state index contributed by atoms with van der Waals surface area (Å²) in [6.07, 6.45) is 0. The average Bonchev–Trinajstić information content (AvgIpc) is 2.41. The Bertz CT molecular complexity index is 435. The summed E-state index contributed by atoms with van der Waals surface area (Å²) in [5.41, 5.74) is 6.20. The molecule has 4 nitrogen and oxygen atoms in total. The van der Waals surface area contributed by atoms with Gasteiger partial charge in [0, 0.05) is 31.1 Å². The minimum absolute atomic E-state index is 0.175. The Morgan fingerprint density at radius 3 is 2.83 bits per heavy atom. The summed E-state index contributed by atoms with van der Waals surface area (Å²) < 4.78 is 0. The Morgan fingerprint density at radius 1 is 1.44 bits per heavy atom. The Labute approximate surface area is 116 Å². The normalized spacial score (nSPS) is 15.7. The molecule has 2 rings (SSSR count). The number of carbonyl (C=O) groups is 1. The zero-order valence-electron chi connectivity index (χ0n) is 9.99. The molecule has 0 saturated carbocycles. The zero-order chi connectivity index (χ0) is 13.0. The minimum Gasteiger partial charge on any atom is -0.398 e. The Morgan fingerprint density at radius 2 is 2.17 bits per heavy atom. The van der Waals surface area contributed by atoms with Crippen molar-refractivity contribution in [3.63, 3.8) is 0 Å². The van der Waals surface area contributed by atoms with Crippen LogP contribution < -0.4 is 11.1 Å². The molecule has 1 aromatic carbocycles. The number of rotatable bonds is 3. The summed E-state index contributed by atoms with van der Waals surface area (Å²) in [4.78, 5) is 14.8. The smallest absolute Gasteiger partial charge is 0.233 e. The molecule has 1 fully saturated rings. The minimum atomic E-state index is 0.175. The van der Waals surface area contributed by atoms with E-state index in [1.54, 1.807) is 12.1 Å². The average molecular weight is 286 g/mol. The van der Waals surface area contributed by atoms with Crippen LogP contribution >= 0.6 is 23.4 Å². The van der Waals surface area contributed by atoms with Crippen LogP contribution in [0.4, 0.5) is 5.69 Å². The molecule has 0 spiro atoms. The summed E-state index contributed by atoms with van der Waals surface area (Å²) in [7, 11) is 0. The highest BCUT2D eigenvalue weighted by Crippen LogP contribution is 2.26. The van der Waals surface area contributed by atoms with E-state index in [4.69, 9.17) is 17.3 Å². The predicted octanol–water partition coefficient (Wildman–Crippen LogP) is 1.45. The summed E-state index contributed by atoms with van der Waals surface area (Å²) in [5, 5.41) is 3.76. The van der Waals surface area contributed by atoms with Crippen molar-refractivity contribution < 1.29 is 4.79 Å². The molecule has 1 aliphatic heterocycles. The maximum atomic E-state index is 11.9. The molecule has 0 aromatic heterocycles. The van der Waals surface area contributed by atoms with Crippen LogP contribution in [0.15, 0.2) is 23.1 Å². The molecule has 1 aromatic rings. The fourth-order valence-corrected chi connectivity index (χ4v) is 2.83. The van der Waals surface area contributed by atoms with Crippen molar-refractivity contribution in [2.75, 3.05) is 37.7 Å². The third-order valence-corrected chi connectivity index (χ3v) is 4.11. The van der Waals surface area contributed by atoms with Gasteiger partial charge >= 0.3 is 0 Å². The molecule has 3 N–H and O–H groups in total. The van der Waals surface area contributed by atoms with Crippen molar-refractivity contribution in [2.45, 2.75) is 4.90 Å². The monoisotopic (exact) mass is 285 g/mol. The third-order valence-electron chi connectivity index (χ3n) is 2.80. The van der Waals surface area contributed by atoms with Gasteiger partial charge in [-0.3, -0.25) is 4.79 Å². The maximum Gasteiger partial charge on any atom is 0.233 e.